The molecule has 1 aromatic rings. The second-order valence-corrected chi connectivity index (χ2v) is 5.94. The molecule has 6 heteroatoms. The zero-order valence-electron chi connectivity index (χ0n) is 11.6. The average molecular weight is 296 g/mol. The molecule has 3 atom stereocenters. The highest BCUT2D eigenvalue weighted by molar-refractivity contribution is 5.92. The fraction of sp³-hybridized carbons (Fsp3) is 0.533. The molecule has 2 aliphatic rings. The number of rotatable bonds is 3. The zero-order valence-corrected chi connectivity index (χ0v) is 11.6. The minimum Gasteiger partial charge on any atom is -0.393 e. The van der Waals surface area contributed by atoms with Crippen LogP contribution in [0.3, 0.4) is 0 Å². The fourth-order valence-corrected chi connectivity index (χ4v) is 3.44. The van der Waals surface area contributed by atoms with Gasteiger partial charge in [0.05, 0.1) is 18.3 Å². The lowest BCUT2D eigenvalue weighted by atomic mass is 10.00. The summed E-state index contributed by atoms with van der Waals surface area (Å²) in [6.07, 6.45) is 1.57. The van der Waals surface area contributed by atoms with Crippen LogP contribution in [0, 0.1) is 23.5 Å². The van der Waals surface area contributed by atoms with Gasteiger partial charge in [0.15, 0.2) is 0 Å². The molecule has 2 N–H and O–H groups in total. The first-order valence-corrected chi connectivity index (χ1v) is 7.18. The maximum Gasteiger partial charge on any atom is 0.238 e. The summed E-state index contributed by atoms with van der Waals surface area (Å²) in [6.45, 7) is 1.66. The van der Waals surface area contributed by atoms with E-state index in [1.54, 1.807) is 0 Å². The van der Waals surface area contributed by atoms with E-state index in [9.17, 15) is 18.7 Å². The summed E-state index contributed by atoms with van der Waals surface area (Å²) < 4.78 is 26.3. The van der Waals surface area contributed by atoms with E-state index in [0.29, 0.717) is 12.5 Å². The van der Waals surface area contributed by atoms with Gasteiger partial charge in [-0.2, -0.15) is 0 Å². The standard InChI is InChI=1S/C15H18F2N2O2/c16-10-2-3-13(12(17)5-10)18-15(21)8-19-6-9-1-4-14(20)11(9)7-19/h2-3,5,9,11,14,20H,1,4,6-8H2,(H,18,21). The molecule has 2 fully saturated rings. The van der Waals surface area contributed by atoms with Crippen molar-refractivity contribution in [2.45, 2.75) is 18.9 Å². The Kier molecular flexibility index (Phi) is 3.91. The summed E-state index contributed by atoms with van der Waals surface area (Å²) >= 11 is 0. The second-order valence-electron chi connectivity index (χ2n) is 5.94. The smallest absolute Gasteiger partial charge is 0.238 e. The highest BCUT2D eigenvalue weighted by Gasteiger charge is 2.42. The van der Waals surface area contributed by atoms with Gasteiger partial charge in [-0.15, -0.1) is 0 Å². The number of carbonyl (C=O) groups excluding carboxylic acids is 1. The third kappa shape index (κ3) is 3.06. The molecule has 1 aliphatic heterocycles. The van der Waals surface area contributed by atoms with Crippen LogP contribution in [0.5, 0.6) is 0 Å². The van der Waals surface area contributed by atoms with Crippen LogP contribution in [0.25, 0.3) is 0 Å². The third-order valence-electron chi connectivity index (χ3n) is 4.47. The van der Waals surface area contributed by atoms with Crippen molar-refractivity contribution in [1.82, 2.24) is 4.90 Å². The number of likely N-dealkylation sites (tertiary alicyclic amines) is 1. The molecule has 21 heavy (non-hydrogen) atoms. The Hall–Kier alpha value is -1.53. The summed E-state index contributed by atoms with van der Waals surface area (Å²) in [6, 6.07) is 3.06. The first-order chi connectivity index (χ1) is 10.0. The van der Waals surface area contributed by atoms with Crippen molar-refractivity contribution < 1.29 is 18.7 Å². The molecule has 1 aromatic carbocycles. The molecule has 1 heterocycles. The van der Waals surface area contributed by atoms with E-state index < -0.39 is 11.6 Å². The second kappa shape index (κ2) is 5.69. The monoisotopic (exact) mass is 296 g/mol. The maximum absolute atomic E-state index is 13.5. The molecule has 114 valence electrons. The topological polar surface area (TPSA) is 52.6 Å². The summed E-state index contributed by atoms with van der Waals surface area (Å²) in [7, 11) is 0. The van der Waals surface area contributed by atoms with E-state index in [4.69, 9.17) is 0 Å². The number of nitrogens with zero attached hydrogens (tertiary/aromatic N) is 1. The number of benzene rings is 1. The van der Waals surface area contributed by atoms with Gasteiger partial charge in [0.2, 0.25) is 5.91 Å². The Balaban J connectivity index is 1.55. The molecule has 0 aromatic heterocycles. The van der Waals surface area contributed by atoms with Crippen LogP contribution in [0.2, 0.25) is 0 Å². The quantitative estimate of drug-likeness (QED) is 0.891. The van der Waals surface area contributed by atoms with Crippen LogP contribution in [0.4, 0.5) is 14.5 Å². The number of nitrogens with one attached hydrogen (secondary N) is 1. The molecule has 3 unspecified atom stereocenters. The van der Waals surface area contributed by atoms with Crippen LogP contribution in [-0.2, 0) is 4.79 Å². The number of aliphatic hydroxyl groups is 1. The van der Waals surface area contributed by atoms with Crippen molar-refractivity contribution >= 4 is 11.6 Å². The van der Waals surface area contributed by atoms with Gasteiger partial charge in [0, 0.05) is 25.1 Å². The van der Waals surface area contributed by atoms with Gasteiger partial charge in [-0.3, -0.25) is 9.69 Å². The number of halogens is 2. The SMILES string of the molecule is O=C(CN1CC2CCC(O)C2C1)Nc1ccc(F)cc1F. The van der Waals surface area contributed by atoms with E-state index >= 15 is 0 Å². The first-order valence-electron chi connectivity index (χ1n) is 7.18. The molecule has 4 nitrogen and oxygen atoms in total. The number of amides is 1. The third-order valence-corrected chi connectivity index (χ3v) is 4.47. The average Bonchev–Trinajstić information content (AvgIpc) is 2.95. The molecule has 1 saturated carbocycles. The number of aliphatic hydroxyl groups excluding tert-OH is 1. The van der Waals surface area contributed by atoms with E-state index in [-0.39, 0.29) is 30.2 Å². The molecule has 3 rings (SSSR count). The minimum atomic E-state index is -0.780. The number of carbonyl (C=O) groups is 1. The molecular weight excluding hydrogens is 278 g/mol. The molecule has 0 radical (unpaired) electrons. The van der Waals surface area contributed by atoms with Crippen LogP contribution < -0.4 is 5.32 Å². The number of hydrogen-bond donors (Lipinski definition) is 2. The molecule has 1 saturated heterocycles. The predicted octanol–water partition coefficient (Wildman–Crippen LogP) is 1.61. The van der Waals surface area contributed by atoms with E-state index in [2.05, 4.69) is 5.32 Å². The molecule has 1 aliphatic carbocycles. The van der Waals surface area contributed by atoms with Crippen LogP contribution >= 0.6 is 0 Å². The fourth-order valence-electron chi connectivity index (χ4n) is 3.44. The number of anilines is 1. The Bertz CT molecular complexity index is 552. The van der Waals surface area contributed by atoms with Crippen molar-refractivity contribution in [2.24, 2.45) is 11.8 Å². The molecule has 0 bridgehead atoms. The lowest BCUT2D eigenvalue weighted by Gasteiger charge is -2.17. The Morgan fingerprint density at radius 3 is 2.86 bits per heavy atom. The van der Waals surface area contributed by atoms with Crippen molar-refractivity contribution in [3.63, 3.8) is 0 Å². The van der Waals surface area contributed by atoms with Crippen molar-refractivity contribution in [1.29, 1.82) is 0 Å². The van der Waals surface area contributed by atoms with Crippen LogP contribution in [0.15, 0.2) is 18.2 Å². The van der Waals surface area contributed by atoms with Gasteiger partial charge < -0.3 is 10.4 Å². The number of fused-ring (bicyclic) bond motifs is 1. The van der Waals surface area contributed by atoms with Gasteiger partial charge in [-0.1, -0.05) is 0 Å². The molecular formula is C15H18F2N2O2. The maximum atomic E-state index is 13.5. The predicted molar refractivity (Wildman–Crippen MR) is 73.6 cm³/mol. The molecule has 1 amide bonds. The van der Waals surface area contributed by atoms with Gasteiger partial charge >= 0.3 is 0 Å². The summed E-state index contributed by atoms with van der Waals surface area (Å²) in [5.41, 5.74) is -0.0131. The Labute approximate surface area is 121 Å². The summed E-state index contributed by atoms with van der Waals surface area (Å²) in [4.78, 5) is 13.9. The van der Waals surface area contributed by atoms with Crippen LogP contribution in [-0.4, -0.2) is 41.7 Å². The minimum absolute atomic E-state index is 0.0131. The van der Waals surface area contributed by atoms with Crippen molar-refractivity contribution in [3.05, 3.63) is 29.8 Å². The Morgan fingerprint density at radius 1 is 1.33 bits per heavy atom. The van der Waals surface area contributed by atoms with Gasteiger partial charge in [0.1, 0.15) is 11.6 Å². The highest BCUT2D eigenvalue weighted by Crippen LogP contribution is 2.37. The largest absolute Gasteiger partial charge is 0.393 e. The van der Waals surface area contributed by atoms with Crippen molar-refractivity contribution in [2.75, 3.05) is 25.0 Å². The zero-order chi connectivity index (χ0) is 15.0. The molecule has 0 spiro atoms. The van der Waals surface area contributed by atoms with Crippen LogP contribution in [0.1, 0.15) is 12.8 Å². The van der Waals surface area contributed by atoms with E-state index in [0.717, 1.165) is 31.5 Å². The normalized spacial score (nSPS) is 28.6. The lowest BCUT2D eigenvalue weighted by molar-refractivity contribution is -0.117. The van der Waals surface area contributed by atoms with E-state index in [1.807, 2.05) is 4.90 Å². The van der Waals surface area contributed by atoms with Gasteiger partial charge in [0.25, 0.3) is 0 Å². The summed E-state index contributed by atoms with van der Waals surface area (Å²) in [5.74, 6) is -1.07. The lowest BCUT2D eigenvalue weighted by Crippen LogP contribution is -2.33. The van der Waals surface area contributed by atoms with Gasteiger partial charge in [-0.05, 0) is 30.9 Å². The number of hydrogen-bond acceptors (Lipinski definition) is 3. The highest BCUT2D eigenvalue weighted by atomic mass is 19.1. The van der Waals surface area contributed by atoms with E-state index in [1.165, 1.54) is 6.07 Å². The summed E-state index contributed by atoms with van der Waals surface area (Å²) in [5, 5.41) is 12.3. The Morgan fingerprint density at radius 2 is 2.14 bits per heavy atom. The first kappa shape index (κ1) is 14.4. The van der Waals surface area contributed by atoms with Gasteiger partial charge in [-0.25, -0.2) is 8.78 Å². The van der Waals surface area contributed by atoms with Crippen molar-refractivity contribution in [3.8, 4) is 0 Å².